The highest BCUT2D eigenvalue weighted by molar-refractivity contribution is 5.84. The van der Waals surface area contributed by atoms with E-state index >= 15 is 0 Å². The van der Waals surface area contributed by atoms with Gasteiger partial charge >= 0.3 is 0 Å². The van der Waals surface area contributed by atoms with Crippen LogP contribution in [0.1, 0.15) is 18.5 Å². The van der Waals surface area contributed by atoms with E-state index in [2.05, 4.69) is 56.6 Å². The molecule has 0 amide bonds. The molecule has 4 heteroatoms. The predicted molar refractivity (Wildman–Crippen MR) is 97.9 cm³/mol. The van der Waals surface area contributed by atoms with Crippen molar-refractivity contribution in [1.82, 2.24) is 14.9 Å². The Kier molecular flexibility index (Phi) is 4.38. The van der Waals surface area contributed by atoms with Crippen LogP contribution < -0.4 is 5.32 Å². The number of nitrogens with zero attached hydrogens (tertiary/aromatic N) is 3. The fourth-order valence-corrected chi connectivity index (χ4v) is 3.45. The molecular weight excluding hydrogens is 296 g/mol. The van der Waals surface area contributed by atoms with E-state index in [-0.39, 0.29) is 0 Å². The third-order valence-electron chi connectivity index (χ3n) is 4.63. The molecule has 1 aliphatic rings. The van der Waals surface area contributed by atoms with Crippen LogP contribution in [0.25, 0.3) is 10.8 Å². The van der Waals surface area contributed by atoms with Gasteiger partial charge in [0.05, 0.1) is 5.69 Å². The minimum atomic E-state index is 0.488. The maximum atomic E-state index is 4.45. The number of rotatable bonds is 4. The lowest BCUT2D eigenvalue weighted by Crippen LogP contribution is -2.41. The molecule has 0 saturated carbocycles. The molecule has 4 rings (SSSR count). The van der Waals surface area contributed by atoms with Crippen LogP contribution in [0.3, 0.4) is 0 Å². The largest absolute Gasteiger partial charge is 0.381 e. The van der Waals surface area contributed by atoms with Gasteiger partial charge in [0, 0.05) is 48.8 Å². The number of anilines is 1. The van der Waals surface area contributed by atoms with Crippen LogP contribution in [0, 0.1) is 0 Å². The summed E-state index contributed by atoms with van der Waals surface area (Å²) in [6.45, 7) is 3.14. The Labute approximate surface area is 142 Å². The van der Waals surface area contributed by atoms with Crippen molar-refractivity contribution >= 4 is 16.5 Å². The van der Waals surface area contributed by atoms with E-state index in [4.69, 9.17) is 0 Å². The zero-order chi connectivity index (χ0) is 16.2. The number of piperidine rings is 1. The minimum absolute atomic E-state index is 0.488. The summed E-state index contributed by atoms with van der Waals surface area (Å²) in [6, 6.07) is 15.2. The summed E-state index contributed by atoms with van der Waals surface area (Å²) in [4.78, 5) is 11.1. The maximum absolute atomic E-state index is 4.45. The smallest absolute Gasteiger partial charge is 0.0543 e. The van der Waals surface area contributed by atoms with Gasteiger partial charge in [0.25, 0.3) is 0 Å². The summed E-state index contributed by atoms with van der Waals surface area (Å²) in [5, 5.41) is 6.12. The van der Waals surface area contributed by atoms with Crippen molar-refractivity contribution in [2.24, 2.45) is 0 Å². The van der Waals surface area contributed by atoms with E-state index in [9.17, 15) is 0 Å². The first-order valence-electron chi connectivity index (χ1n) is 8.59. The molecule has 1 aliphatic heterocycles. The molecule has 1 atom stereocenters. The second-order valence-electron chi connectivity index (χ2n) is 6.48. The highest BCUT2D eigenvalue weighted by Crippen LogP contribution is 2.21. The number of likely N-dealkylation sites (tertiary alicyclic amines) is 1. The van der Waals surface area contributed by atoms with Crippen LogP contribution in [-0.2, 0) is 6.54 Å². The molecule has 0 aliphatic carbocycles. The van der Waals surface area contributed by atoms with E-state index in [0.717, 1.165) is 25.3 Å². The Hall–Kier alpha value is -2.46. The Morgan fingerprint density at radius 3 is 3.00 bits per heavy atom. The average molecular weight is 318 g/mol. The Bertz CT molecular complexity index is 803. The van der Waals surface area contributed by atoms with Gasteiger partial charge in [0.2, 0.25) is 0 Å². The Balaban J connectivity index is 1.42. The molecule has 0 unspecified atom stereocenters. The fraction of sp³-hybridized carbons (Fsp3) is 0.300. The van der Waals surface area contributed by atoms with Crippen LogP contribution in [-0.4, -0.2) is 34.0 Å². The first-order chi connectivity index (χ1) is 11.9. The number of benzene rings is 1. The lowest BCUT2D eigenvalue weighted by molar-refractivity contribution is 0.206. The summed E-state index contributed by atoms with van der Waals surface area (Å²) in [5.41, 5.74) is 2.34. The summed E-state index contributed by atoms with van der Waals surface area (Å²) < 4.78 is 0. The summed E-state index contributed by atoms with van der Waals surface area (Å²) in [7, 11) is 0. The first kappa shape index (κ1) is 15.1. The van der Waals surface area contributed by atoms with Gasteiger partial charge in [-0.05, 0) is 55.1 Å². The maximum Gasteiger partial charge on any atom is 0.0543 e. The minimum Gasteiger partial charge on any atom is -0.381 e. The summed E-state index contributed by atoms with van der Waals surface area (Å²) in [5.74, 6) is 0. The normalized spacial score (nSPS) is 18.6. The molecule has 1 N–H and O–H groups in total. The van der Waals surface area contributed by atoms with Gasteiger partial charge in [-0.15, -0.1) is 0 Å². The van der Waals surface area contributed by atoms with Crippen molar-refractivity contribution in [3.8, 4) is 0 Å². The molecule has 2 aromatic heterocycles. The van der Waals surface area contributed by atoms with Crippen LogP contribution in [0.4, 0.5) is 5.69 Å². The molecule has 3 heterocycles. The number of nitrogens with one attached hydrogen (secondary N) is 1. The molecule has 0 bridgehead atoms. The standard InChI is InChI=1S/C20H22N4/c1-2-9-22-19(4-1)14-24-11-3-5-20(15-24)23-18-7-6-17-13-21-10-8-16(17)12-18/h1-2,4,6-10,12-13,20,23H,3,5,11,14-15H2/t20-/m1/s1. The van der Waals surface area contributed by atoms with Crippen LogP contribution in [0.15, 0.2) is 61.1 Å². The van der Waals surface area contributed by atoms with Crippen LogP contribution in [0.5, 0.6) is 0 Å². The van der Waals surface area contributed by atoms with Gasteiger partial charge in [-0.25, -0.2) is 0 Å². The van der Waals surface area contributed by atoms with Gasteiger partial charge in [0.1, 0.15) is 0 Å². The van der Waals surface area contributed by atoms with Crippen molar-refractivity contribution < 1.29 is 0 Å². The van der Waals surface area contributed by atoms with Crippen molar-refractivity contribution in [2.45, 2.75) is 25.4 Å². The molecule has 4 nitrogen and oxygen atoms in total. The third-order valence-corrected chi connectivity index (χ3v) is 4.63. The molecule has 0 spiro atoms. The predicted octanol–water partition coefficient (Wildman–Crippen LogP) is 3.71. The van der Waals surface area contributed by atoms with Crippen molar-refractivity contribution in [1.29, 1.82) is 0 Å². The quantitative estimate of drug-likeness (QED) is 0.796. The van der Waals surface area contributed by atoms with E-state index < -0.39 is 0 Å². The zero-order valence-corrected chi connectivity index (χ0v) is 13.7. The Morgan fingerprint density at radius 2 is 2.08 bits per heavy atom. The van der Waals surface area contributed by atoms with E-state index in [1.54, 1.807) is 0 Å². The number of hydrogen-bond acceptors (Lipinski definition) is 4. The molecule has 1 fully saturated rings. The molecule has 0 radical (unpaired) electrons. The van der Waals surface area contributed by atoms with Crippen molar-refractivity contribution in [2.75, 3.05) is 18.4 Å². The second kappa shape index (κ2) is 6.97. The summed E-state index contributed by atoms with van der Waals surface area (Å²) in [6.07, 6.45) is 8.07. The highest BCUT2D eigenvalue weighted by Gasteiger charge is 2.20. The Morgan fingerprint density at radius 1 is 1.08 bits per heavy atom. The molecule has 1 aromatic carbocycles. The average Bonchev–Trinajstić information content (AvgIpc) is 2.63. The van der Waals surface area contributed by atoms with Gasteiger partial charge in [-0.2, -0.15) is 0 Å². The first-order valence-corrected chi connectivity index (χ1v) is 8.59. The van der Waals surface area contributed by atoms with Crippen LogP contribution >= 0.6 is 0 Å². The number of hydrogen-bond donors (Lipinski definition) is 1. The van der Waals surface area contributed by atoms with Gasteiger partial charge < -0.3 is 5.32 Å². The molecule has 122 valence electrons. The summed E-state index contributed by atoms with van der Waals surface area (Å²) >= 11 is 0. The third kappa shape index (κ3) is 3.54. The van der Waals surface area contributed by atoms with Crippen molar-refractivity contribution in [3.63, 3.8) is 0 Å². The second-order valence-corrected chi connectivity index (χ2v) is 6.48. The van der Waals surface area contributed by atoms with E-state index in [0.29, 0.717) is 6.04 Å². The number of pyridine rings is 2. The lowest BCUT2D eigenvalue weighted by atomic mass is 10.0. The fourth-order valence-electron chi connectivity index (χ4n) is 3.45. The van der Waals surface area contributed by atoms with Crippen molar-refractivity contribution in [3.05, 3.63) is 66.7 Å². The molecule has 3 aromatic rings. The molecular formula is C20H22N4. The van der Waals surface area contributed by atoms with Gasteiger partial charge in [-0.3, -0.25) is 14.9 Å². The monoisotopic (exact) mass is 318 g/mol. The topological polar surface area (TPSA) is 41.0 Å². The van der Waals surface area contributed by atoms with Crippen LogP contribution in [0.2, 0.25) is 0 Å². The number of fused-ring (bicyclic) bond motifs is 1. The number of aromatic nitrogens is 2. The van der Waals surface area contributed by atoms with Gasteiger partial charge in [0.15, 0.2) is 0 Å². The van der Waals surface area contributed by atoms with E-state index in [1.165, 1.54) is 29.3 Å². The molecule has 24 heavy (non-hydrogen) atoms. The molecule has 1 saturated heterocycles. The van der Waals surface area contributed by atoms with Gasteiger partial charge in [-0.1, -0.05) is 12.1 Å². The zero-order valence-electron chi connectivity index (χ0n) is 13.7. The van der Waals surface area contributed by atoms with E-state index in [1.807, 2.05) is 24.7 Å². The highest BCUT2D eigenvalue weighted by atomic mass is 15.2. The lowest BCUT2D eigenvalue weighted by Gasteiger charge is -2.33. The SMILES string of the molecule is c1ccc(CN2CCC[C@@H](Nc3ccc4cnccc4c3)C2)nc1.